The molecule has 0 radical (unpaired) electrons. The third-order valence-corrected chi connectivity index (χ3v) is 3.51. The molecule has 0 N–H and O–H groups in total. The van der Waals surface area contributed by atoms with Crippen molar-refractivity contribution in [1.29, 1.82) is 0 Å². The fraction of sp³-hybridized carbons (Fsp3) is 0.294. The maximum Gasteiger partial charge on any atom is 0.387 e. The van der Waals surface area contributed by atoms with Gasteiger partial charge >= 0.3 is 6.61 Å². The lowest BCUT2D eigenvalue weighted by atomic mass is 10.1. The Morgan fingerprint density at radius 3 is 2.67 bits per heavy atom. The van der Waals surface area contributed by atoms with Crippen LogP contribution >= 0.6 is 0 Å². The van der Waals surface area contributed by atoms with Crippen LogP contribution in [0.25, 0.3) is 0 Å². The molecular formula is C17H18F2N2O3. The minimum atomic E-state index is -2.97. The number of ether oxygens (including phenoxy) is 2. The number of aromatic nitrogens is 1. The van der Waals surface area contributed by atoms with Gasteiger partial charge in [0.15, 0.2) is 11.5 Å². The number of hydrogen-bond acceptors (Lipinski definition) is 4. The van der Waals surface area contributed by atoms with Gasteiger partial charge in [0.05, 0.1) is 24.9 Å². The predicted octanol–water partition coefficient (Wildman–Crippen LogP) is 3.21. The number of benzene rings is 1. The summed E-state index contributed by atoms with van der Waals surface area (Å²) in [7, 11) is 3.00. The number of likely N-dealkylation sites (N-methyl/N-ethyl adjacent to an activating group) is 1. The molecule has 1 aromatic carbocycles. The van der Waals surface area contributed by atoms with Crippen LogP contribution in [-0.2, 0) is 11.2 Å². The Labute approximate surface area is 138 Å². The Bertz CT molecular complexity index is 723. The molecule has 2 aromatic rings. The summed E-state index contributed by atoms with van der Waals surface area (Å²) in [5, 5.41) is 0. The molecule has 128 valence electrons. The van der Waals surface area contributed by atoms with Gasteiger partial charge in [-0.25, -0.2) is 0 Å². The lowest BCUT2D eigenvalue weighted by Crippen LogP contribution is -2.28. The van der Waals surface area contributed by atoms with Gasteiger partial charge in [-0.1, -0.05) is 6.07 Å². The lowest BCUT2D eigenvalue weighted by molar-refractivity contribution is -0.117. The Morgan fingerprint density at radius 1 is 1.29 bits per heavy atom. The van der Waals surface area contributed by atoms with Crippen LogP contribution in [0.5, 0.6) is 11.5 Å². The number of nitrogens with zero attached hydrogens (tertiary/aromatic N) is 2. The minimum absolute atomic E-state index is 0.0361. The quantitative estimate of drug-likeness (QED) is 0.813. The maximum absolute atomic E-state index is 12.5. The monoisotopic (exact) mass is 336 g/mol. The summed E-state index contributed by atoms with van der Waals surface area (Å²) >= 11 is 0. The van der Waals surface area contributed by atoms with Gasteiger partial charge < -0.3 is 14.4 Å². The molecule has 2 rings (SSSR count). The molecule has 0 saturated carbocycles. The van der Waals surface area contributed by atoms with Crippen LogP contribution in [0.3, 0.4) is 0 Å². The first-order chi connectivity index (χ1) is 11.4. The van der Waals surface area contributed by atoms with Crippen molar-refractivity contribution in [2.24, 2.45) is 0 Å². The van der Waals surface area contributed by atoms with E-state index in [0.29, 0.717) is 11.3 Å². The highest BCUT2D eigenvalue weighted by Crippen LogP contribution is 2.30. The van der Waals surface area contributed by atoms with Crippen molar-refractivity contribution in [1.82, 2.24) is 4.98 Å². The summed E-state index contributed by atoms with van der Waals surface area (Å²) in [4.78, 5) is 18.1. The summed E-state index contributed by atoms with van der Waals surface area (Å²) < 4.78 is 34.3. The lowest BCUT2D eigenvalue weighted by Gasteiger charge is -2.19. The van der Waals surface area contributed by atoms with Gasteiger partial charge in [-0.05, 0) is 36.8 Å². The molecule has 0 aliphatic carbocycles. The van der Waals surface area contributed by atoms with Crippen LogP contribution in [-0.4, -0.2) is 31.7 Å². The summed E-state index contributed by atoms with van der Waals surface area (Å²) in [5.74, 6) is -0.111. The van der Waals surface area contributed by atoms with Crippen LogP contribution in [0.4, 0.5) is 14.5 Å². The molecule has 5 nitrogen and oxygen atoms in total. The van der Waals surface area contributed by atoms with Crippen molar-refractivity contribution in [2.75, 3.05) is 19.1 Å². The van der Waals surface area contributed by atoms with Gasteiger partial charge in [0.25, 0.3) is 0 Å². The highest BCUT2D eigenvalue weighted by Gasteiger charge is 2.16. The summed E-state index contributed by atoms with van der Waals surface area (Å²) in [6, 6.07) is 8.05. The highest BCUT2D eigenvalue weighted by molar-refractivity contribution is 5.94. The van der Waals surface area contributed by atoms with Gasteiger partial charge in [0.2, 0.25) is 5.91 Å². The van der Waals surface area contributed by atoms with Crippen molar-refractivity contribution >= 4 is 11.6 Å². The number of halogens is 2. The number of carbonyl (C=O) groups excluding carboxylic acids is 1. The Morgan fingerprint density at radius 2 is 2.04 bits per heavy atom. The van der Waals surface area contributed by atoms with Crippen molar-refractivity contribution in [3.63, 3.8) is 0 Å². The number of methoxy groups -OCH3 is 1. The average molecular weight is 336 g/mol. The fourth-order valence-corrected chi connectivity index (χ4v) is 2.28. The normalized spacial score (nSPS) is 10.6. The molecule has 0 aliphatic heterocycles. The van der Waals surface area contributed by atoms with Crippen molar-refractivity contribution in [3.05, 3.63) is 47.8 Å². The SMILES string of the molecule is COc1ccc(CC(=O)N(C)c2cccnc2C)cc1OC(F)F. The average Bonchev–Trinajstić information content (AvgIpc) is 2.54. The van der Waals surface area contributed by atoms with Gasteiger partial charge in [0, 0.05) is 13.2 Å². The van der Waals surface area contributed by atoms with E-state index >= 15 is 0 Å². The van der Waals surface area contributed by atoms with E-state index in [2.05, 4.69) is 9.72 Å². The third kappa shape index (κ3) is 4.18. The third-order valence-electron chi connectivity index (χ3n) is 3.51. The van der Waals surface area contributed by atoms with Gasteiger partial charge in [0.1, 0.15) is 0 Å². The second-order valence-electron chi connectivity index (χ2n) is 5.10. The van der Waals surface area contributed by atoms with Gasteiger partial charge in [-0.2, -0.15) is 8.78 Å². The van der Waals surface area contributed by atoms with E-state index in [1.165, 1.54) is 24.1 Å². The van der Waals surface area contributed by atoms with Gasteiger partial charge in [-0.3, -0.25) is 9.78 Å². The largest absolute Gasteiger partial charge is 0.493 e. The van der Waals surface area contributed by atoms with Crippen molar-refractivity contribution in [3.8, 4) is 11.5 Å². The number of pyridine rings is 1. The van der Waals surface area contributed by atoms with E-state index in [0.717, 1.165) is 5.69 Å². The second-order valence-corrected chi connectivity index (χ2v) is 5.10. The first kappa shape index (κ1) is 17.7. The topological polar surface area (TPSA) is 51.7 Å². The van der Waals surface area contributed by atoms with Crippen LogP contribution in [0.1, 0.15) is 11.3 Å². The Balaban J connectivity index is 2.18. The molecule has 1 aromatic heterocycles. The Hall–Kier alpha value is -2.70. The number of anilines is 1. The zero-order valence-electron chi connectivity index (χ0n) is 13.6. The number of alkyl halides is 2. The molecular weight excluding hydrogens is 318 g/mol. The molecule has 0 atom stereocenters. The molecule has 0 aliphatic rings. The zero-order chi connectivity index (χ0) is 17.7. The summed E-state index contributed by atoms with van der Waals surface area (Å²) in [6.45, 7) is -1.16. The van der Waals surface area contributed by atoms with Crippen LogP contribution in [0.15, 0.2) is 36.5 Å². The first-order valence-electron chi connectivity index (χ1n) is 7.22. The molecule has 0 saturated heterocycles. The number of hydrogen-bond donors (Lipinski definition) is 0. The van der Waals surface area contributed by atoms with E-state index in [1.54, 1.807) is 38.4 Å². The molecule has 1 heterocycles. The Kier molecular flexibility index (Phi) is 5.68. The minimum Gasteiger partial charge on any atom is -0.493 e. The van der Waals surface area contributed by atoms with E-state index in [1.807, 2.05) is 0 Å². The van der Waals surface area contributed by atoms with Crippen molar-refractivity contribution in [2.45, 2.75) is 20.0 Å². The smallest absolute Gasteiger partial charge is 0.387 e. The van der Waals surface area contributed by atoms with E-state index in [-0.39, 0.29) is 23.8 Å². The van der Waals surface area contributed by atoms with Crippen LogP contribution in [0, 0.1) is 6.92 Å². The number of amides is 1. The van der Waals surface area contributed by atoms with Crippen LogP contribution in [0.2, 0.25) is 0 Å². The van der Waals surface area contributed by atoms with Crippen LogP contribution < -0.4 is 14.4 Å². The molecule has 24 heavy (non-hydrogen) atoms. The van der Waals surface area contributed by atoms with Crippen molar-refractivity contribution < 1.29 is 23.0 Å². The first-order valence-corrected chi connectivity index (χ1v) is 7.22. The molecule has 7 heteroatoms. The van der Waals surface area contributed by atoms with E-state index in [4.69, 9.17) is 4.74 Å². The molecule has 0 bridgehead atoms. The highest BCUT2D eigenvalue weighted by atomic mass is 19.3. The second kappa shape index (κ2) is 7.72. The maximum atomic E-state index is 12.5. The number of carbonyl (C=O) groups is 1. The number of aryl methyl sites for hydroxylation is 1. The molecule has 0 fully saturated rings. The molecule has 1 amide bonds. The predicted molar refractivity (Wildman–Crippen MR) is 85.7 cm³/mol. The number of rotatable bonds is 6. The molecule has 0 unspecified atom stereocenters. The van der Waals surface area contributed by atoms with E-state index < -0.39 is 6.61 Å². The summed E-state index contributed by atoms with van der Waals surface area (Å²) in [6.07, 6.45) is 1.68. The van der Waals surface area contributed by atoms with E-state index in [9.17, 15) is 13.6 Å². The zero-order valence-corrected chi connectivity index (χ0v) is 13.6. The fourth-order valence-electron chi connectivity index (χ4n) is 2.28. The summed E-state index contributed by atoms with van der Waals surface area (Å²) in [5.41, 5.74) is 1.97. The standard InChI is InChI=1S/C17H18F2N2O3/c1-11-13(5-4-8-20-11)21(2)16(22)10-12-6-7-14(23-3)15(9-12)24-17(18)19/h4-9,17H,10H2,1-3H3. The van der Waals surface area contributed by atoms with Gasteiger partial charge in [-0.15, -0.1) is 0 Å². The molecule has 0 spiro atoms.